The predicted octanol–water partition coefficient (Wildman–Crippen LogP) is 3.01. The highest BCUT2D eigenvalue weighted by molar-refractivity contribution is 7.80. The van der Waals surface area contributed by atoms with E-state index in [0.29, 0.717) is 17.1 Å². The first-order valence-corrected chi connectivity index (χ1v) is 9.87. The van der Waals surface area contributed by atoms with Crippen molar-refractivity contribution in [2.75, 3.05) is 41.8 Å². The van der Waals surface area contributed by atoms with Gasteiger partial charge in [-0.15, -0.1) is 0 Å². The Balaban J connectivity index is 1.89. The van der Waals surface area contributed by atoms with Crippen LogP contribution in [0.1, 0.15) is 46.0 Å². The minimum atomic E-state index is 0.516. The second kappa shape index (κ2) is 8.17. The first kappa shape index (κ1) is 18.2. The average Bonchev–Trinajstić information content (AvgIpc) is 2.62. The summed E-state index contributed by atoms with van der Waals surface area (Å²) in [7, 11) is 1.80. The maximum atomic E-state index is 5.25. The Hall–Kier alpha value is -1.63. The highest BCUT2D eigenvalue weighted by atomic mass is 32.1. The summed E-state index contributed by atoms with van der Waals surface area (Å²) >= 11 is 5.25. The molecule has 1 aromatic rings. The number of anilines is 3. The van der Waals surface area contributed by atoms with Crippen LogP contribution in [0, 0.1) is 5.92 Å². The summed E-state index contributed by atoms with van der Waals surface area (Å²) in [4.78, 5) is 14.3. The predicted molar refractivity (Wildman–Crippen MR) is 109 cm³/mol. The second-order valence-electron chi connectivity index (χ2n) is 7.32. The molecule has 1 aromatic heterocycles. The molecule has 7 heteroatoms. The van der Waals surface area contributed by atoms with E-state index in [0.717, 1.165) is 37.2 Å². The Labute approximate surface area is 156 Å². The Morgan fingerprint density at radius 3 is 2.48 bits per heavy atom. The van der Waals surface area contributed by atoms with Crippen molar-refractivity contribution in [1.29, 1.82) is 0 Å². The van der Waals surface area contributed by atoms with E-state index in [2.05, 4.69) is 40.3 Å². The molecular weight excluding hydrogens is 332 g/mol. The molecule has 2 aliphatic heterocycles. The first-order valence-electron chi connectivity index (χ1n) is 9.46. The van der Waals surface area contributed by atoms with Gasteiger partial charge in [0.2, 0.25) is 5.95 Å². The van der Waals surface area contributed by atoms with Gasteiger partial charge in [0.15, 0.2) is 5.11 Å². The molecule has 0 radical (unpaired) electrons. The lowest BCUT2D eigenvalue weighted by molar-refractivity contribution is 0.436. The van der Waals surface area contributed by atoms with Gasteiger partial charge in [-0.2, -0.15) is 9.97 Å². The van der Waals surface area contributed by atoms with Gasteiger partial charge in [-0.25, -0.2) is 0 Å². The van der Waals surface area contributed by atoms with Crippen molar-refractivity contribution in [3.05, 3.63) is 6.07 Å². The lowest BCUT2D eigenvalue weighted by Crippen LogP contribution is -2.39. The SMILES string of the molecule is CNC(=S)Nc1nc(N2CCC(C)CC2)cc(N2CCCC[C@@H]2C)n1. The minimum absolute atomic E-state index is 0.516. The van der Waals surface area contributed by atoms with E-state index in [1.165, 1.54) is 32.1 Å². The van der Waals surface area contributed by atoms with Crippen LogP contribution in [-0.2, 0) is 0 Å². The number of rotatable bonds is 3. The van der Waals surface area contributed by atoms with E-state index in [9.17, 15) is 0 Å². The van der Waals surface area contributed by atoms with E-state index in [4.69, 9.17) is 22.2 Å². The fourth-order valence-corrected chi connectivity index (χ4v) is 3.72. The molecule has 3 rings (SSSR count). The molecule has 0 amide bonds. The van der Waals surface area contributed by atoms with Crippen LogP contribution in [0.2, 0.25) is 0 Å². The van der Waals surface area contributed by atoms with E-state index in [1.54, 1.807) is 7.05 Å². The third kappa shape index (κ3) is 4.51. The molecule has 0 saturated carbocycles. The highest BCUT2D eigenvalue weighted by Gasteiger charge is 2.23. The number of thiocarbonyl (C=S) groups is 1. The zero-order valence-corrected chi connectivity index (χ0v) is 16.4. The number of piperidine rings is 2. The van der Waals surface area contributed by atoms with Crippen LogP contribution in [0.5, 0.6) is 0 Å². The lowest BCUT2D eigenvalue weighted by Gasteiger charge is -2.36. The van der Waals surface area contributed by atoms with Gasteiger partial charge in [-0.1, -0.05) is 6.92 Å². The van der Waals surface area contributed by atoms with Crippen LogP contribution < -0.4 is 20.4 Å². The first-order chi connectivity index (χ1) is 12.1. The van der Waals surface area contributed by atoms with Crippen molar-refractivity contribution >= 4 is 34.9 Å². The Kier molecular flexibility index (Phi) is 5.93. The summed E-state index contributed by atoms with van der Waals surface area (Å²) in [6.45, 7) is 7.79. The van der Waals surface area contributed by atoms with Gasteiger partial charge in [-0.3, -0.25) is 0 Å². The second-order valence-corrected chi connectivity index (χ2v) is 7.73. The largest absolute Gasteiger partial charge is 0.365 e. The van der Waals surface area contributed by atoms with E-state index in [1.807, 2.05) is 0 Å². The quantitative estimate of drug-likeness (QED) is 0.802. The molecular formula is C18H30N6S. The van der Waals surface area contributed by atoms with Gasteiger partial charge in [0.05, 0.1) is 0 Å². The minimum Gasteiger partial charge on any atom is -0.365 e. The van der Waals surface area contributed by atoms with E-state index >= 15 is 0 Å². The molecule has 2 fully saturated rings. The van der Waals surface area contributed by atoms with Crippen molar-refractivity contribution in [3.63, 3.8) is 0 Å². The van der Waals surface area contributed by atoms with Crippen LogP contribution in [0.4, 0.5) is 17.6 Å². The van der Waals surface area contributed by atoms with Crippen LogP contribution >= 0.6 is 12.2 Å². The zero-order chi connectivity index (χ0) is 17.8. The fraction of sp³-hybridized carbons (Fsp3) is 0.722. The molecule has 138 valence electrons. The van der Waals surface area contributed by atoms with Crippen molar-refractivity contribution in [2.24, 2.45) is 5.92 Å². The number of aromatic nitrogens is 2. The van der Waals surface area contributed by atoms with Gasteiger partial charge in [0.25, 0.3) is 0 Å². The molecule has 2 aliphatic rings. The Morgan fingerprint density at radius 1 is 1.08 bits per heavy atom. The molecule has 0 unspecified atom stereocenters. The smallest absolute Gasteiger partial charge is 0.232 e. The van der Waals surface area contributed by atoms with Gasteiger partial charge in [0, 0.05) is 38.8 Å². The summed E-state index contributed by atoms with van der Waals surface area (Å²) in [5.41, 5.74) is 0. The van der Waals surface area contributed by atoms with Gasteiger partial charge < -0.3 is 20.4 Å². The maximum Gasteiger partial charge on any atom is 0.232 e. The molecule has 0 bridgehead atoms. The summed E-state index contributed by atoms with van der Waals surface area (Å²) in [6.07, 6.45) is 6.18. The van der Waals surface area contributed by atoms with Crippen molar-refractivity contribution in [3.8, 4) is 0 Å². The van der Waals surface area contributed by atoms with Crippen molar-refractivity contribution in [1.82, 2.24) is 15.3 Å². The third-order valence-corrected chi connectivity index (χ3v) is 5.66. The van der Waals surface area contributed by atoms with Gasteiger partial charge >= 0.3 is 0 Å². The van der Waals surface area contributed by atoms with E-state index in [-0.39, 0.29) is 0 Å². The van der Waals surface area contributed by atoms with Crippen LogP contribution in [0.3, 0.4) is 0 Å². The van der Waals surface area contributed by atoms with Crippen LogP contribution in [0.15, 0.2) is 6.07 Å². The third-order valence-electron chi connectivity index (χ3n) is 5.36. The monoisotopic (exact) mass is 362 g/mol. The summed E-state index contributed by atoms with van der Waals surface area (Å²) in [6, 6.07) is 2.67. The molecule has 1 atom stereocenters. The highest BCUT2D eigenvalue weighted by Crippen LogP contribution is 2.29. The van der Waals surface area contributed by atoms with Crippen LogP contribution in [-0.4, -0.2) is 47.8 Å². The number of nitrogens with one attached hydrogen (secondary N) is 2. The number of hydrogen-bond acceptors (Lipinski definition) is 5. The molecule has 2 saturated heterocycles. The molecule has 2 N–H and O–H groups in total. The fourth-order valence-electron chi connectivity index (χ4n) is 3.63. The molecule has 0 aromatic carbocycles. The Bertz CT molecular complexity index is 599. The standard InChI is InChI=1S/C18H30N6S/c1-13-7-10-23(11-8-13)15-12-16(24-9-5-4-6-14(24)2)21-17(20-15)22-18(25)19-3/h12-14H,4-11H2,1-3H3,(H2,19,20,21,22,25)/t14-/m0/s1. The molecule has 0 aliphatic carbocycles. The Morgan fingerprint density at radius 2 is 1.80 bits per heavy atom. The summed E-state index contributed by atoms with van der Waals surface area (Å²) in [5.74, 6) is 3.41. The normalized spacial score (nSPS) is 22.0. The van der Waals surface area contributed by atoms with E-state index < -0.39 is 0 Å². The van der Waals surface area contributed by atoms with Gasteiger partial charge in [0.1, 0.15) is 11.6 Å². The maximum absolute atomic E-state index is 5.25. The molecule has 0 spiro atoms. The topological polar surface area (TPSA) is 56.3 Å². The summed E-state index contributed by atoms with van der Waals surface area (Å²) < 4.78 is 0. The molecule has 6 nitrogen and oxygen atoms in total. The molecule has 3 heterocycles. The van der Waals surface area contributed by atoms with Crippen molar-refractivity contribution in [2.45, 2.75) is 52.0 Å². The van der Waals surface area contributed by atoms with Crippen molar-refractivity contribution < 1.29 is 0 Å². The van der Waals surface area contributed by atoms with Crippen LogP contribution in [0.25, 0.3) is 0 Å². The lowest BCUT2D eigenvalue weighted by atomic mass is 9.99. The molecule has 25 heavy (non-hydrogen) atoms. The number of nitrogens with zero attached hydrogens (tertiary/aromatic N) is 4. The number of hydrogen-bond donors (Lipinski definition) is 2. The van der Waals surface area contributed by atoms with Gasteiger partial charge in [-0.05, 0) is 57.2 Å². The zero-order valence-electron chi connectivity index (χ0n) is 15.6. The average molecular weight is 363 g/mol. The summed E-state index contributed by atoms with van der Waals surface area (Å²) in [5, 5.41) is 6.60.